The molecule has 0 aliphatic heterocycles. The van der Waals surface area contributed by atoms with Crippen LogP contribution in [0, 0.1) is 35.3 Å². The van der Waals surface area contributed by atoms with E-state index in [1.54, 1.807) is 19.9 Å². The lowest BCUT2D eigenvalue weighted by atomic mass is 10.2. The Labute approximate surface area is 115 Å². The van der Waals surface area contributed by atoms with Gasteiger partial charge >= 0.3 is 0 Å². The fourth-order valence-corrected chi connectivity index (χ4v) is 1.73. The van der Waals surface area contributed by atoms with Gasteiger partial charge in [0.15, 0.2) is 0 Å². The van der Waals surface area contributed by atoms with Crippen molar-refractivity contribution in [1.82, 2.24) is 4.98 Å². The Bertz CT molecular complexity index is 720. The minimum Gasteiger partial charge on any atom is -0.439 e. The molecule has 0 saturated heterocycles. The van der Waals surface area contributed by atoms with Crippen LogP contribution in [0.4, 0.5) is 5.69 Å². The fourth-order valence-electron chi connectivity index (χ4n) is 1.73. The number of nitro benzene ring substituents is 1. The number of nitriles is 1. The summed E-state index contributed by atoms with van der Waals surface area (Å²) in [6.45, 7) is 3.47. The summed E-state index contributed by atoms with van der Waals surface area (Å²) in [4.78, 5) is 14.4. The first-order chi connectivity index (χ1) is 9.49. The minimum absolute atomic E-state index is 0.00441. The number of rotatable bonds is 3. The summed E-state index contributed by atoms with van der Waals surface area (Å²) >= 11 is 0. The Morgan fingerprint density at radius 1 is 1.30 bits per heavy atom. The van der Waals surface area contributed by atoms with Crippen LogP contribution in [-0.2, 0) is 0 Å². The summed E-state index contributed by atoms with van der Waals surface area (Å²) in [5.74, 6) is 0.760. The normalized spacial score (nSPS) is 9.85. The van der Waals surface area contributed by atoms with Gasteiger partial charge in [-0.25, -0.2) is 4.98 Å². The maximum Gasteiger partial charge on any atom is 0.269 e. The van der Waals surface area contributed by atoms with Gasteiger partial charge in [0.1, 0.15) is 5.75 Å². The second-order valence-electron chi connectivity index (χ2n) is 4.26. The Hall–Kier alpha value is -2.94. The molecule has 0 aliphatic carbocycles. The molecular weight excluding hydrogens is 258 g/mol. The van der Waals surface area contributed by atoms with Gasteiger partial charge in [0.2, 0.25) is 5.88 Å². The minimum atomic E-state index is -0.463. The zero-order valence-corrected chi connectivity index (χ0v) is 11.0. The standard InChI is InChI=1S/C14H11N3O3/c1-9-5-12(17(18)19)3-4-13(9)20-14-7-11(8-15)6-10(2)16-14/h3-7H,1-2H3. The monoisotopic (exact) mass is 269 g/mol. The molecule has 2 aromatic rings. The van der Waals surface area contributed by atoms with E-state index in [0.717, 1.165) is 0 Å². The summed E-state index contributed by atoms with van der Waals surface area (Å²) in [6, 6.07) is 9.50. The predicted molar refractivity (Wildman–Crippen MR) is 71.6 cm³/mol. The van der Waals surface area contributed by atoms with Gasteiger partial charge in [-0.2, -0.15) is 5.26 Å². The lowest BCUT2D eigenvalue weighted by Gasteiger charge is -2.08. The first-order valence-corrected chi connectivity index (χ1v) is 5.81. The van der Waals surface area contributed by atoms with Crippen LogP contribution in [-0.4, -0.2) is 9.91 Å². The number of non-ortho nitro benzene ring substituents is 1. The molecular formula is C14H11N3O3. The lowest BCUT2D eigenvalue weighted by molar-refractivity contribution is -0.384. The molecule has 0 amide bonds. The molecule has 100 valence electrons. The summed E-state index contributed by atoms with van der Waals surface area (Å²) in [7, 11) is 0. The van der Waals surface area contributed by atoms with Crippen molar-refractivity contribution in [3.63, 3.8) is 0 Å². The zero-order chi connectivity index (χ0) is 14.7. The molecule has 0 bridgehead atoms. The summed E-state index contributed by atoms with van der Waals surface area (Å²) in [5, 5.41) is 19.6. The molecule has 20 heavy (non-hydrogen) atoms. The summed E-state index contributed by atoms with van der Waals surface area (Å²) < 4.78 is 5.58. The van der Waals surface area contributed by atoms with E-state index in [1.165, 1.54) is 24.3 Å². The van der Waals surface area contributed by atoms with Crippen molar-refractivity contribution < 1.29 is 9.66 Å². The quantitative estimate of drug-likeness (QED) is 0.630. The lowest BCUT2D eigenvalue weighted by Crippen LogP contribution is -1.95. The van der Waals surface area contributed by atoms with E-state index in [0.29, 0.717) is 28.5 Å². The van der Waals surface area contributed by atoms with Gasteiger partial charge in [-0.15, -0.1) is 0 Å². The highest BCUT2D eigenvalue weighted by Crippen LogP contribution is 2.27. The van der Waals surface area contributed by atoms with E-state index in [1.807, 2.05) is 6.07 Å². The van der Waals surface area contributed by atoms with Crippen LogP contribution >= 0.6 is 0 Å². The second-order valence-corrected chi connectivity index (χ2v) is 4.26. The highest BCUT2D eigenvalue weighted by Gasteiger charge is 2.10. The third kappa shape index (κ3) is 2.90. The highest BCUT2D eigenvalue weighted by atomic mass is 16.6. The van der Waals surface area contributed by atoms with Crippen LogP contribution in [0.3, 0.4) is 0 Å². The predicted octanol–water partition coefficient (Wildman–Crippen LogP) is 3.27. The van der Waals surface area contributed by atoms with E-state index >= 15 is 0 Å². The third-order valence-corrected chi connectivity index (χ3v) is 2.64. The molecule has 0 N–H and O–H groups in total. The van der Waals surface area contributed by atoms with Crippen molar-refractivity contribution in [2.24, 2.45) is 0 Å². The van der Waals surface area contributed by atoms with E-state index in [-0.39, 0.29) is 5.69 Å². The first kappa shape index (κ1) is 13.5. The van der Waals surface area contributed by atoms with Gasteiger partial charge in [-0.3, -0.25) is 10.1 Å². The molecule has 6 nitrogen and oxygen atoms in total. The zero-order valence-electron chi connectivity index (χ0n) is 11.0. The number of hydrogen-bond donors (Lipinski definition) is 0. The van der Waals surface area contributed by atoms with Crippen molar-refractivity contribution in [3.05, 3.63) is 57.3 Å². The van der Waals surface area contributed by atoms with Gasteiger partial charge in [0.25, 0.3) is 5.69 Å². The second kappa shape index (κ2) is 5.36. The van der Waals surface area contributed by atoms with Gasteiger partial charge in [0, 0.05) is 23.9 Å². The van der Waals surface area contributed by atoms with Crippen LogP contribution in [0.5, 0.6) is 11.6 Å². The topological polar surface area (TPSA) is 89.0 Å². The number of ether oxygens (including phenoxy) is 1. The van der Waals surface area contributed by atoms with Crippen LogP contribution in [0.25, 0.3) is 0 Å². The molecule has 1 aromatic carbocycles. The molecule has 0 saturated carbocycles. The third-order valence-electron chi connectivity index (χ3n) is 2.64. The summed E-state index contributed by atoms with van der Waals surface area (Å²) in [5.41, 5.74) is 1.75. The maximum absolute atomic E-state index is 10.7. The molecule has 0 unspecified atom stereocenters. The number of nitro groups is 1. The SMILES string of the molecule is Cc1cc(C#N)cc(Oc2ccc([N+](=O)[O-])cc2C)n1. The number of benzene rings is 1. The van der Waals surface area contributed by atoms with Crippen molar-refractivity contribution in [2.75, 3.05) is 0 Å². The van der Waals surface area contributed by atoms with Gasteiger partial charge in [-0.1, -0.05) is 0 Å². The van der Waals surface area contributed by atoms with Crippen LogP contribution in [0.1, 0.15) is 16.8 Å². The van der Waals surface area contributed by atoms with E-state index in [9.17, 15) is 10.1 Å². The molecule has 0 fully saturated rings. The number of hydrogen-bond acceptors (Lipinski definition) is 5. The number of pyridine rings is 1. The number of nitrogens with zero attached hydrogens (tertiary/aromatic N) is 3. The molecule has 2 rings (SSSR count). The smallest absolute Gasteiger partial charge is 0.269 e. The maximum atomic E-state index is 10.7. The molecule has 0 aliphatic rings. The largest absolute Gasteiger partial charge is 0.439 e. The molecule has 0 atom stereocenters. The summed E-state index contributed by atoms with van der Waals surface area (Å²) in [6.07, 6.45) is 0. The molecule has 1 aromatic heterocycles. The van der Waals surface area contributed by atoms with E-state index in [2.05, 4.69) is 4.98 Å². The molecule has 0 radical (unpaired) electrons. The van der Waals surface area contributed by atoms with Crippen LogP contribution < -0.4 is 4.74 Å². The first-order valence-electron chi connectivity index (χ1n) is 5.81. The molecule has 1 heterocycles. The van der Waals surface area contributed by atoms with Crippen LogP contribution in [0.15, 0.2) is 30.3 Å². The van der Waals surface area contributed by atoms with Crippen molar-refractivity contribution in [3.8, 4) is 17.7 Å². The Morgan fingerprint density at radius 3 is 2.65 bits per heavy atom. The van der Waals surface area contributed by atoms with Gasteiger partial charge < -0.3 is 4.74 Å². The van der Waals surface area contributed by atoms with Crippen molar-refractivity contribution >= 4 is 5.69 Å². The van der Waals surface area contributed by atoms with Crippen molar-refractivity contribution in [2.45, 2.75) is 13.8 Å². The van der Waals surface area contributed by atoms with E-state index in [4.69, 9.17) is 10.00 Å². The average molecular weight is 269 g/mol. The number of aromatic nitrogens is 1. The van der Waals surface area contributed by atoms with E-state index < -0.39 is 4.92 Å². The fraction of sp³-hybridized carbons (Fsp3) is 0.143. The Balaban J connectivity index is 2.33. The van der Waals surface area contributed by atoms with Gasteiger partial charge in [-0.05, 0) is 31.5 Å². The van der Waals surface area contributed by atoms with Crippen LogP contribution in [0.2, 0.25) is 0 Å². The van der Waals surface area contributed by atoms with Gasteiger partial charge in [0.05, 0.1) is 16.6 Å². The highest BCUT2D eigenvalue weighted by molar-refractivity contribution is 5.45. The molecule has 0 spiro atoms. The number of aryl methyl sites for hydroxylation is 2. The average Bonchev–Trinajstić information content (AvgIpc) is 2.40. The molecule has 6 heteroatoms. The van der Waals surface area contributed by atoms with Crippen molar-refractivity contribution in [1.29, 1.82) is 5.26 Å². The Kier molecular flexibility index (Phi) is 3.62. The Morgan fingerprint density at radius 2 is 2.05 bits per heavy atom.